The van der Waals surface area contributed by atoms with Gasteiger partial charge in [0.05, 0.1) is 0 Å². The highest BCUT2D eigenvalue weighted by Crippen LogP contribution is 2.28. The minimum Gasteiger partial charge on any atom is -0.355 e. The molecule has 1 N–H and O–H groups in total. The number of rotatable bonds is 5. The molecule has 2 nitrogen and oxygen atoms in total. The molecule has 3 heteroatoms. The zero-order valence-corrected chi connectivity index (χ0v) is 12.2. The standard InChI is InChI=1S/C12H24BrNO/c1-6-12(7-2,8-13)9-14-10(15)11(3,4)5/h6-9H2,1-5H3,(H,14,15). The van der Waals surface area contributed by atoms with Crippen molar-refractivity contribution in [1.82, 2.24) is 5.32 Å². The quantitative estimate of drug-likeness (QED) is 0.768. The normalized spacial score (nSPS) is 12.7. The third-order valence-electron chi connectivity index (χ3n) is 3.09. The second-order valence-electron chi connectivity index (χ2n) is 5.27. The summed E-state index contributed by atoms with van der Waals surface area (Å²) in [6.45, 7) is 10.9. The Labute approximate surface area is 102 Å². The van der Waals surface area contributed by atoms with Gasteiger partial charge in [0.2, 0.25) is 5.91 Å². The Kier molecular flexibility index (Phi) is 5.86. The topological polar surface area (TPSA) is 29.1 Å². The molecule has 0 fully saturated rings. The summed E-state index contributed by atoms with van der Waals surface area (Å²) >= 11 is 3.54. The minimum absolute atomic E-state index is 0.134. The first-order chi connectivity index (χ1) is 6.81. The van der Waals surface area contributed by atoms with Crippen molar-refractivity contribution in [3.8, 4) is 0 Å². The van der Waals surface area contributed by atoms with Crippen LogP contribution in [0.3, 0.4) is 0 Å². The van der Waals surface area contributed by atoms with Crippen LogP contribution >= 0.6 is 15.9 Å². The lowest BCUT2D eigenvalue weighted by Crippen LogP contribution is -2.42. The van der Waals surface area contributed by atoms with E-state index in [1.165, 1.54) is 0 Å². The van der Waals surface area contributed by atoms with Gasteiger partial charge < -0.3 is 5.32 Å². The van der Waals surface area contributed by atoms with E-state index in [-0.39, 0.29) is 16.7 Å². The maximum atomic E-state index is 11.7. The van der Waals surface area contributed by atoms with Crippen LogP contribution in [0.4, 0.5) is 0 Å². The first-order valence-corrected chi connectivity index (χ1v) is 6.77. The van der Waals surface area contributed by atoms with E-state index in [1.807, 2.05) is 20.8 Å². The molecule has 90 valence electrons. The van der Waals surface area contributed by atoms with Crippen LogP contribution in [0, 0.1) is 10.8 Å². The summed E-state index contributed by atoms with van der Waals surface area (Å²) in [5, 5.41) is 3.99. The van der Waals surface area contributed by atoms with Crippen LogP contribution in [0.5, 0.6) is 0 Å². The van der Waals surface area contributed by atoms with Gasteiger partial charge in [0.15, 0.2) is 0 Å². The molecule has 0 unspecified atom stereocenters. The minimum atomic E-state index is -0.292. The molecule has 1 amide bonds. The molecule has 0 saturated heterocycles. The molecule has 0 saturated carbocycles. The van der Waals surface area contributed by atoms with Gasteiger partial charge in [-0.15, -0.1) is 0 Å². The van der Waals surface area contributed by atoms with Gasteiger partial charge in [0.1, 0.15) is 0 Å². The van der Waals surface area contributed by atoms with Gasteiger partial charge in [0, 0.05) is 17.3 Å². The van der Waals surface area contributed by atoms with Gasteiger partial charge >= 0.3 is 0 Å². The maximum Gasteiger partial charge on any atom is 0.225 e. The van der Waals surface area contributed by atoms with Crippen LogP contribution in [-0.2, 0) is 4.79 Å². The molecule has 0 atom stereocenters. The lowest BCUT2D eigenvalue weighted by Gasteiger charge is -2.31. The van der Waals surface area contributed by atoms with E-state index in [0.29, 0.717) is 0 Å². The summed E-state index contributed by atoms with van der Waals surface area (Å²) in [6, 6.07) is 0. The van der Waals surface area contributed by atoms with E-state index in [1.54, 1.807) is 0 Å². The molecule has 0 aliphatic heterocycles. The average molecular weight is 278 g/mol. The Balaban J connectivity index is 4.29. The molecule has 0 spiro atoms. The van der Waals surface area contributed by atoms with Crippen molar-refractivity contribution in [2.45, 2.75) is 47.5 Å². The summed E-state index contributed by atoms with van der Waals surface area (Å²) in [7, 11) is 0. The monoisotopic (exact) mass is 277 g/mol. The molecule has 0 aliphatic rings. The van der Waals surface area contributed by atoms with Crippen molar-refractivity contribution in [2.75, 3.05) is 11.9 Å². The van der Waals surface area contributed by atoms with Crippen molar-refractivity contribution in [3.63, 3.8) is 0 Å². The molecular formula is C12H24BrNO. The number of nitrogens with one attached hydrogen (secondary N) is 1. The first kappa shape index (κ1) is 14.9. The second kappa shape index (κ2) is 5.88. The lowest BCUT2D eigenvalue weighted by molar-refractivity contribution is -0.129. The van der Waals surface area contributed by atoms with E-state index >= 15 is 0 Å². The van der Waals surface area contributed by atoms with Crippen LogP contribution in [0.1, 0.15) is 47.5 Å². The number of carbonyl (C=O) groups is 1. The SMILES string of the molecule is CCC(CC)(CBr)CNC(=O)C(C)(C)C. The second-order valence-corrected chi connectivity index (χ2v) is 5.83. The van der Waals surface area contributed by atoms with Crippen LogP contribution in [0.2, 0.25) is 0 Å². The number of hydrogen-bond donors (Lipinski definition) is 1. The number of carbonyl (C=O) groups excluding carboxylic acids is 1. The number of halogens is 1. The summed E-state index contributed by atoms with van der Waals surface area (Å²) < 4.78 is 0. The predicted molar refractivity (Wildman–Crippen MR) is 69.3 cm³/mol. The molecule has 0 aliphatic carbocycles. The summed E-state index contributed by atoms with van der Waals surface area (Å²) in [4.78, 5) is 11.7. The molecule has 0 bridgehead atoms. The number of hydrogen-bond acceptors (Lipinski definition) is 1. The van der Waals surface area contributed by atoms with Gasteiger partial charge in [-0.25, -0.2) is 0 Å². The van der Waals surface area contributed by atoms with E-state index in [0.717, 1.165) is 24.7 Å². The smallest absolute Gasteiger partial charge is 0.225 e. The molecule has 0 radical (unpaired) electrons. The van der Waals surface area contributed by atoms with Crippen LogP contribution in [0.15, 0.2) is 0 Å². The maximum absolute atomic E-state index is 11.7. The third-order valence-corrected chi connectivity index (χ3v) is 4.28. The number of amides is 1. The molecule has 0 aromatic rings. The van der Waals surface area contributed by atoms with Crippen molar-refractivity contribution in [3.05, 3.63) is 0 Å². The summed E-state index contributed by atoms with van der Waals surface area (Å²) in [5.74, 6) is 0.134. The lowest BCUT2D eigenvalue weighted by atomic mass is 9.84. The van der Waals surface area contributed by atoms with Gasteiger partial charge in [-0.3, -0.25) is 4.79 Å². The summed E-state index contributed by atoms with van der Waals surface area (Å²) in [5.41, 5.74) is -0.0829. The summed E-state index contributed by atoms with van der Waals surface area (Å²) in [6.07, 6.45) is 2.17. The average Bonchev–Trinajstić information content (AvgIpc) is 2.19. The molecule has 0 rings (SSSR count). The van der Waals surface area contributed by atoms with Gasteiger partial charge in [-0.2, -0.15) is 0 Å². The molecule has 15 heavy (non-hydrogen) atoms. The zero-order chi connectivity index (χ0) is 12.1. The van der Waals surface area contributed by atoms with Crippen LogP contribution in [0.25, 0.3) is 0 Å². The van der Waals surface area contributed by atoms with Gasteiger partial charge in [-0.05, 0) is 18.3 Å². The highest BCUT2D eigenvalue weighted by molar-refractivity contribution is 9.09. The predicted octanol–water partition coefficient (Wildman–Crippen LogP) is 3.35. The van der Waals surface area contributed by atoms with E-state index in [9.17, 15) is 4.79 Å². The Morgan fingerprint density at radius 3 is 1.93 bits per heavy atom. The fourth-order valence-electron chi connectivity index (χ4n) is 1.27. The molecule has 0 heterocycles. The zero-order valence-electron chi connectivity index (χ0n) is 10.6. The Morgan fingerprint density at radius 2 is 1.67 bits per heavy atom. The van der Waals surface area contributed by atoms with Crippen LogP contribution in [-0.4, -0.2) is 17.8 Å². The Hall–Kier alpha value is -0.0500. The fourth-order valence-corrected chi connectivity index (χ4v) is 2.26. The first-order valence-electron chi connectivity index (χ1n) is 5.65. The van der Waals surface area contributed by atoms with E-state index in [4.69, 9.17) is 0 Å². The van der Waals surface area contributed by atoms with Gasteiger partial charge in [-0.1, -0.05) is 50.5 Å². The molecule has 0 aromatic carbocycles. The van der Waals surface area contributed by atoms with Crippen molar-refractivity contribution in [2.24, 2.45) is 10.8 Å². The fraction of sp³-hybridized carbons (Fsp3) is 0.917. The molecular weight excluding hydrogens is 254 g/mol. The molecule has 0 aromatic heterocycles. The highest BCUT2D eigenvalue weighted by Gasteiger charge is 2.28. The van der Waals surface area contributed by atoms with E-state index in [2.05, 4.69) is 35.1 Å². The van der Waals surface area contributed by atoms with Crippen LogP contribution < -0.4 is 5.32 Å². The highest BCUT2D eigenvalue weighted by atomic mass is 79.9. The third kappa shape index (κ3) is 4.54. The van der Waals surface area contributed by atoms with Gasteiger partial charge in [0.25, 0.3) is 0 Å². The van der Waals surface area contributed by atoms with E-state index < -0.39 is 0 Å². The van der Waals surface area contributed by atoms with Crippen molar-refractivity contribution in [1.29, 1.82) is 0 Å². The van der Waals surface area contributed by atoms with Crippen molar-refractivity contribution < 1.29 is 4.79 Å². The van der Waals surface area contributed by atoms with Crippen molar-refractivity contribution >= 4 is 21.8 Å². The Bertz CT molecular complexity index is 196. The number of alkyl halides is 1. The largest absolute Gasteiger partial charge is 0.355 e. The Morgan fingerprint density at radius 1 is 1.20 bits per heavy atom.